The molecule has 37 heavy (non-hydrogen) atoms. The summed E-state index contributed by atoms with van der Waals surface area (Å²) >= 11 is 0. The molecule has 7 rings (SSSR count). The third kappa shape index (κ3) is 3.73. The molecule has 0 saturated heterocycles. The predicted molar refractivity (Wildman–Crippen MR) is 141 cm³/mol. The molecule has 1 aromatic heterocycles. The molecule has 3 aromatic rings. The predicted octanol–water partition coefficient (Wildman–Crippen LogP) is 3.85. The van der Waals surface area contributed by atoms with E-state index in [0.717, 1.165) is 41.3 Å². The largest absolute Gasteiger partial charge is 0.478 e. The number of benzene rings is 2. The van der Waals surface area contributed by atoms with Gasteiger partial charge in [0.25, 0.3) is 11.9 Å². The Morgan fingerprint density at radius 3 is 2.68 bits per heavy atom. The van der Waals surface area contributed by atoms with Gasteiger partial charge in [-0.2, -0.15) is 9.48 Å². The fourth-order valence-corrected chi connectivity index (χ4v) is 5.04. The van der Waals surface area contributed by atoms with Gasteiger partial charge < -0.3 is 21.0 Å². The number of nitrogens with one attached hydrogen (secondary N) is 2. The number of hydrogen-bond donors (Lipinski definition) is 4. The molecular weight excluding hydrogens is 470 g/mol. The quantitative estimate of drug-likeness (QED) is 0.153. The Kier molecular flexibility index (Phi) is 5.27. The molecule has 5 N–H and O–H groups in total. The smallest absolute Gasteiger partial charge is 0.354 e. The third-order valence-electron chi connectivity index (χ3n) is 7.16. The van der Waals surface area contributed by atoms with E-state index in [0.29, 0.717) is 23.9 Å². The topological polar surface area (TPSA) is 146 Å². The Morgan fingerprint density at radius 2 is 2.03 bits per heavy atom. The van der Waals surface area contributed by atoms with Crippen LogP contribution < -0.4 is 15.5 Å². The number of aliphatic carboxylic acids is 1. The number of anilines is 1. The van der Waals surface area contributed by atoms with E-state index < -0.39 is 12.1 Å². The summed E-state index contributed by atoms with van der Waals surface area (Å²) < 4.78 is 0.213. The maximum atomic E-state index is 12.0. The molecule has 4 bridgehead atoms. The lowest BCUT2D eigenvalue weighted by molar-refractivity contribution is -0.151. The minimum atomic E-state index is -1.33. The lowest BCUT2D eigenvalue weighted by Gasteiger charge is -2.35. The zero-order chi connectivity index (χ0) is 25.7. The first-order chi connectivity index (χ1) is 17.9. The molecule has 4 heterocycles. The number of hydrogen-bond acceptors (Lipinski definition) is 7. The average Bonchev–Trinajstić information content (AvgIpc) is 3.70. The van der Waals surface area contributed by atoms with Crippen LogP contribution in [0.15, 0.2) is 70.9 Å². The summed E-state index contributed by atoms with van der Waals surface area (Å²) in [5, 5.41) is 25.3. The summed E-state index contributed by atoms with van der Waals surface area (Å²) in [6.07, 6.45) is 2.40. The van der Waals surface area contributed by atoms with Gasteiger partial charge in [0.1, 0.15) is 18.1 Å². The molecule has 0 amide bonds. The number of aliphatic imine (C=N–C) groups is 1. The first kappa shape index (κ1) is 22.9. The molecule has 2 aromatic carbocycles. The number of likely N-dealkylation sites (N-methyl/N-ethyl adjacent to an activating group) is 1. The van der Waals surface area contributed by atoms with Gasteiger partial charge in [0.2, 0.25) is 5.84 Å². The number of carboxylic acid groups (broad SMARTS) is 1. The van der Waals surface area contributed by atoms with Crippen LogP contribution >= 0.6 is 0 Å². The molecule has 0 radical (unpaired) electrons. The second kappa shape index (κ2) is 8.52. The molecule has 0 spiro atoms. The van der Waals surface area contributed by atoms with Gasteiger partial charge >= 0.3 is 5.97 Å². The van der Waals surface area contributed by atoms with Gasteiger partial charge in [0.05, 0.1) is 18.3 Å². The highest BCUT2D eigenvalue weighted by Gasteiger charge is 2.54. The van der Waals surface area contributed by atoms with Gasteiger partial charge in [-0.15, -0.1) is 0 Å². The van der Waals surface area contributed by atoms with Crippen molar-refractivity contribution in [3.63, 3.8) is 0 Å². The number of aromatic nitrogens is 1. The van der Waals surface area contributed by atoms with E-state index in [1.807, 2.05) is 25.2 Å². The van der Waals surface area contributed by atoms with Crippen LogP contribution in [0.25, 0.3) is 0 Å². The fraction of sp³-hybridized carbons (Fsp3) is 0.222. The number of quaternary nitrogens is 1. The van der Waals surface area contributed by atoms with Crippen LogP contribution in [-0.2, 0) is 9.63 Å². The van der Waals surface area contributed by atoms with Gasteiger partial charge in [-0.1, -0.05) is 6.07 Å². The molecule has 1 aliphatic carbocycles. The normalized spacial score (nSPS) is 21.0. The van der Waals surface area contributed by atoms with Crippen molar-refractivity contribution in [2.75, 3.05) is 18.9 Å². The van der Waals surface area contributed by atoms with Crippen molar-refractivity contribution in [2.45, 2.75) is 24.9 Å². The van der Waals surface area contributed by atoms with Gasteiger partial charge in [-0.25, -0.2) is 4.79 Å². The lowest BCUT2D eigenvalue weighted by Crippen LogP contribution is -2.57. The van der Waals surface area contributed by atoms with E-state index in [1.54, 1.807) is 30.3 Å². The summed E-state index contributed by atoms with van der Waals surface area (Å²) in [4.78, 5) is 26.9. The summed E-state index contributed by atoms with van der Waals surface area (Å²) in [6.45, 7) is 0.434. The van der Waals surface area contributed by atoms with Crippen LogP contribution in [-0.4, -0.2) is 47.2 Å². The zero-order valence-electron chi connectivity index (χ0n) is 20.2. The van der Waals surface area contributed by atoms with E-state index in [9.17, 15) is 9.90 Å². The summed E-state index contributed by atoms with van der Waals surface area (Å²) in [5.41, 5.74) is 11.5. The number of carboxylic acids is 1. The molecular formula is C27H26N7O3+. The molecule has 186 valence electrons. The first-order valence-corrected chi connectivity index (χ1v) is 12.1. The average molecular weight is 497 g/mol. The second-order valence-electron chi connectivity index (χ2n) is 9.54. The van der Waals surface area contributed by atoms with Gasteiger partial charge in [0.15, 0.2) is 5.69 Å². The molecule has 1 fully saturated rings. The Balaban J connectivity index is 1.34. The number of fused-ring (bicyclic) bond motifs is 1. The van der Waals surface area contributed by atoms with Crippen LogP contribution in [0, 0.1) is 5.41 Å². The molecule has 2 unspecified atom stereocenters. The van der Waals surface area contributed by atoms with E-state index in [4.69, 9.17) is 21.0 Å². The molecule has 1 saturated carbocycles. The first-order valence-electron chi connectivity index (χ1n) is 12.1. The van der Waals surface area contributed by atoms with Crippen molar-refractivity contribution in [1.29, 1.82) is 5.41 Å². The summed E-state index contributed by atoms with van der Waals surface area (Å²) in [7, 11) is 2.01. The number of amidine groups is 3. The standard InChI is InChI=1S/C27H25N7O3/c1-34-20-12-11-18(26(34)33-37-24(27(35)36)19-4-2-3-13-30-19)22(15-5-6-15)23(20)32-21(34)14-31-17-9-7-16(8-10-17)25(28)29/h2-4,7-13,15,24H,5-6,14H2,1H3,(H4-,28,29,31,35,36)/p+1. The third-order valence-corrected chi connectivity index (χ3v) is 7.16. The van der Waals surface area contributed by atoms with Gasteiger partial charge in [-0.3, -0.25) is 10.4 Å². The second-order valence-corrected chi connectivity index (χ2v) is 9.54. The van der Waals surface area contributed by atoms with Gasteiger partial charge in [-0.05, 0) is 66.4 Å². The minimum absolute atomic E-state index is 0.0201. The highest BCUT2D eigenvalue weighted by molar-refractivity contribution is 6.28. The molecule has 2 atom stereocenters. The Bertz CT molecular complexity index is 1480. The molecule has 10 heteroatoms. The Hall–Kier alpha value is -4.57. The number of nitrogens with zero attached hydrogens (tertiary/aromatic N) is 4. The van der Waals surface area contributed by atoms with Crippen LogP contribution in [0.4, 0.5) is 17.1 Å². The molecule has 4 aliphatic rings. The highest BCUT2D eigenvalue weighted by Crippen LogP contribution is 2.56. The highest BCUT2D eigenvalue weighted by atomic mass is 16.7. The van der Waals surface area contributed by atoms with Crippen LogP contribution in [0.2, 0.25) is 0 Å². The van der Waals surface area contributed by atoms with Crippen molar-refractivity contribution in [2.24, 2.45) is 15.9 Å². The van der Waals surface area contributed by atoms with Crippen LogP contribution in [0.3, 0.4) is 0 Å². The van der Waals surface area contributed by atoms with E-state index >= 15 is 0 Å². The van der Waals surface area contributed by atoms with E-state index in [-0.39, 0.29) is 16.0 Å². The van der Waals surface area contributed by atoms with Crippen molar-refractivity contribution in [1.82, 2.24) is 9.47 Å². The zero-order valence-corrected chi connectivity index (χ0v) is 20.2. The summed E-state index contributed by atoms with van der Waals surface area (Å²) in [5.74, 6) is 0.724. The monoisotopic (exact) mass is 496 g/mol. The Morgan fingerprint density at radius 1 is 1.24 bits per heavy atom. The SMILES string of the molecule is C[N+]12C(CNc3ccc(C(=N)N)cc3)=Nc3c1ccc(c3C1CC1)C2=NOC(C(=O)O)c1ccccn1. The Labute approximate surface area is 213 Å². The summed E-state index contributed by atoms with van der Waals surface area (Å²) in [6, 6.07) is 16.5. The molecule has 10 nitrogen and oxygen atoms in total. The number of carbonyl (C=O) groups is 1. The van der Waals surface area contributed by atoms with Crippen molar-refractivity contribution in [3.05, 3.63) is 83.2 Å². The fourth-order valence-electron chi connectivity index (χ4n) is 5.04. The van der Waals surface area contributed by atoms with Crippen LogP contribution in [0.5, 0.6) is 0 Å². The maximum Gasteiger partial charge on any atom is 0.354 e. The van der Waals surface area contributed by atoms with E-state index in [1.165, 1.54) is 11.8 Å². The van der Waals surface area contributed by atoms with Crippen molar-refractivity contribution < 1.29 is 14.7 Å². The minimum Gasteiger partial charge on any atom is -0.478 e. The lowest BCUT2D eigenvalue weighted by atomic mass is 9.93. The number of pyridine rings is 1. The van der Waals surface area contributed by atoms with Crippen LogP contribution in [0.1, 0.15) is 47.2 Å². The number of nitrogen functional groups attached to an aromatic ring is 1. The van der Waals surface area contributed by atoms with Gasteiger partial charge in [0, 0.05) is 29.1 Å². The maximum absolute atomic E-state index is 12.0. The van der Waals surface area contributed by atoms with E-state index in [2.05, 4.69) is 21.5 Å². The van der Waals surface area contributed by atoms with Crippen molar-refractivity contribution >= 4 is 40.5 Å². The number of oxime groups is 1. The van der Waals surface area contributed by atoms with Crippen molar-refractivity contribution in [3.8, 4) is 0 Å². The number of rotatable bonds is 9. The molecule has 3 aliphatic heterocycles. The number of nitrogens with two attached hydrogens (primary N) is 1.